The number of Topliss-reactive ketones (excluding diaryl/α,β-unsaturated/α-hetero) is 1. The lowest BCUT2D eigenvalue weighted by molar-refractivity contribution is -0.130. The zero-order chi connectivity index (χ0) is 12.3. The summed E-state index contributed by atoms with van der Waals surface area (Å²) in [4.78, 5) is 24.4. The van der Waals surface area contributed by atoms with E-state index < -0.39 is 0 Å². The highest BCUT2D eigenvalue weighted by Crippen LogP contribution is 2.43. The van der Waals surface area contributed by atoms with Gasteiger partial charge in [0.05, 0.1) is 6.04 Å². The summed E-state index contributed by atoms with van der Waals surface area (Å²) in [6, 6.07) is 0.337. The maximum atomic E-state index is 12.2. The van der Waals surface area contributed by atoms with Crippen LogP contribution in [0.5, 0.6) is 0 Å². The second-order valence-corrected chi connectivity index (χ2v) is 6.15. The van der Waals surface area contributed by atoms with Gasteiger partial charge in [-0.3, -0.25) is 9.59 Å². The molecule has 18 heavy (non-hydrogen) atoms. The van der Waals surface area contributed by atoms with Crippen molar-refractivity contribution < 1.29 is 9.59 Å². The van der Waals surface area contributed by atoms with Gasteiger partial charge in [-0.25, -0.2) is 0 Å². The molecule has 0 spiro atoms. The number of carbonyl (C=O) groups excluding carboxylic acids is 2. The Kier molecular flexibility index (Phi) is 2.29. The molecule has 0 aromatic carbocycles. The molecule has 1 saturated carbocycles. The molecule has 4 fully saturated rings. The summed E-state index contributed by atoms with van der Waals surface area (Å²) in [6.07, 6.45) is 2.72. The summed E-state index contributed by atoms with van der Waals surface area (Å²) in [5.74, 6) is 1.22. The maximum Gasteiger partial charge on any atom is 0.237 e. The Balaban J connectivity index is 1.71. The first kappa shape index (κ1) is 10.9. The van der Waals surface area contributed by atoms with Gasteiger partial charge in [0, 0.05) is 43.4 Å². The third kappa shape index (κ3) is 1.34. The number of piperidine rings is 1. The number of nitrogens with one attached hydrogen (secondary N) is 3. The lowest BCUT2D eigenvalue weighted by atomic mass is 9.69. The van der Waals surface area contributed by atoms with E-state index in [-0.39, 0.29) is 35.9 Å². The zero-order valence-corrected chi connectivity index (χ0v) is 10.3. The van der Waals surface area contributed by atoms with E-state index in [9.17, 15) is 9.59 Å². The molecule has 0 aromatic rings. The number of fused-ring (bicyclic) bond motifs is 5. The summed E-state index contributed by atoms with van der Waals surface area (Å²) in [5, 5.41) is 9.88. The Bertz CT molecular complexity index is 411. The van der Waals surface area contributed by atoms with Gasteiger partial charge in [0.15, 0.2) is 0 Å². The van der Waals surface area contributed by atoms with E-state index in [0.29, 0.717) is 18.1 Å². The van der Waals surface area contributed by atoms with Crippen LogP contribution < -0.4 is 16.0 Å². The third-order valence-electron chi connectivity index (χ3n) is 5.30. The first-order valence-electron chi connectivity index (χ1n) is 7.05. The Morgan fingerprint density at radius 1 is 1.11 bits per heavy atom. The fourth-order valence-electron chi connectivity index (χ4n) is 4.58. The molecule has 1 amide bonds. The number of amides is 1. The highest BCUT2D eigenvalue weighted by Gasteiger charge is 2.57. The molecule has 6 atom stereocenters. The quantitative estimate of drug-likeness (QED) is 0.517. The largest absolute Gasteiger partial charge is 0.350 e. The van der Waals surface area contributed by atoms with Crippen molar-refractivity contribution in [1.82, 2.24) is 16.0 Å². The molecular formula is C13H19N3O2. The summed E-state index contributed by atoms with van der Waals surface area (Å²) < 4.78 is 0. The molecule has 98 valence electrons. The topological polar surface area (TPSA) is 70.2 Å². The molecule has 3 heterocycles. The van der Waals surface area contributed by atoms with Crippen LogP contribution in [-0.2, 0) is 9.59 Å². The lowest BCUT2D eigenvalue weighted by Crippen LogP contribution is -2.59. The van der Waals surface area contributed by atoms with E-state index in [1.54, 1.807) is 0 Å². The molecule has 5 nitrogen and oxygen atoms in total. The zero-order valence-electron chi connectivity index (χ0n) is 10.3. The minimum atomic E-state index is -0.136. The molecule has 4 aliphatic rings. The van der Waals surface area contributed by atoms with Crippen LogP contribution in [0.15, 0.2) is 0 Å². The van der Waals surface area contributed by atoms with Gasteiger partial charge in [-0.05, 0) is 18.8 Å². The molecule has 5 heteroatoms. The third-order valence-corrected chi connectivity index (χ3v) is 5.30. The van der Waals surface area contributed by atoms with E-state index in [0.717, 1.165) is 25.9 Å². The van der Waals surface area contributed by atoms with Crippen molar-refractivity contribution in [3.63, 3.8) is 0 Å². The second-order valence-electron chi connectivity index (χ2n) is 6.15. The molecule has 3 N–H and O–H groups in total. The van der Waals surface area contributed by atoms with E-state index in [2.05, 4.69) is 16.0 Å². The van der Waals surface area contributed by atoms with Crippen molar-refractivity contribution in [2.45, 2.75) is 37.4 Å². The molecular weight excluding hydrogens is 230 g/mol. The van der Waals surface area contributed by atoms with Crippen LogP contribution in [0.3, 0.4) is 0 Å². The maximum absolute atomic E-state index is 12.2. The first-order valence-corrected chi connectivity index (χ1v) is 7.05. The average Bonchev–Trinajstić information content (AvgIpc) is 2.92. The van der Waals surface area contributed by atoms with Gasteiger partial charge in [0.1, 0.15) is 5.78 Å². The van der Waals surface area contributed by atoms with Gasteiger partial charge < -0.3 is 16.0 Å². The van der Waals surface area contributed by atoms with Gasteiger partial charge in [-0.2, -0.15) is 0 Å². The molecule has 0 bridgehead atoms. The molecule has 0 aromatic heterocycles. The van der Waals surface area contributed by atoms with Crippen molar-refractivity contribution in [2.75, 3.05) is 13.1 Å². The highest BCUT2D eigenvalue weighted by molar-refractivity contribution is 5.89. The van der Waals surface area contributed by atoms with Crippen LogP contribution in [0.2, 0.25) is 0 Å². The van der Waals surface area contributed by atoms with Crippen LogP contribution in [0.4, 0.5) is 0 Å². The Labute approximate surface area is 106 Å². The van der Waals surface area contributed by atoms with E-state index in [4.69, 9.17) is 0 Å². The predicted molar refractivity (Wildman–Crippen MR) is 64.8 cm³/mol. The predicted octanol–water partition coefficient (Wildman–Crippen LogP) is -0.970. The average molecular weight is 249 g/mol. The fourth-order valence-corrected chi connectivity index (χ4v) is 4.58. The van der Waals surface area contributed by atoms with E-state index >= 15 is 0 Å². The number of hydrogen-bond acceptors (Lipinski definition) is 4. The number of hydrogen-bond donors (Lipinski definition) is 3. The van der Waals surface area contributed by atoms with Gasteiger partial charge in [-0.15, -0.1) is 0 Å². The molecule has 3 aliphatic heterocycles. The van der Waals surface area contributed by atoms with Gasteiger partial charge in [-0.1, -0.05) is 0 Å². The Morgan fingerprint density at radius 2 is 2.00 bits per heavy atom. The number of rotatable bonds is 0. The summed E-state index contributed by atoms with van der Waals surface area (Å²) in [5.41, 5.74) is 0. The van der Waals surface area contributed by atoms with Gasteiger partial charge in [0.2, 0.25) is 5.91 Å². The molecule has 3 saturated heterocycles. The molecule has 1 aliphatic carbocycles. The van der Waals surface area contributed by atoms with Crippen LogP contribution >= 0.6 is 0 Å². The van der Waals surface area contributed by atoms with E-state index in [1.807, 2.05) is 0 Å². The summed E-state index contributed by atoms with van der Waals surface area (Å²) >= 11 is 0. The van der Waals surface area contributed by atoms with Gasteiger partial charge in [0.25, 0.3) is 0 Å². The Morgan fingerprint density at radius 3 is 2.89 bits per heavy atom. The van der Waals surface area contributed by atoms with E-state index in [1.165, 1.54) is 0 Å². The number of carbonyl (C=O) groups is 2. The standard InChI is InChI=1S/C13H19N3O2/c17-9-3-1-2-7-11(9)10-6-4-14-5-8(6)16-13(18)12(10)15-7/h6-8,10-12,14-15H,1-5H2,(H,16,18). The first-order chi connectivity index (χ1) is 8.75. The monoisotopic (exact) mass is 249 g/mol. The van der Waals surface area contributed by atoms with Crippen molar-refractivity contribution in [3.05, 3.63) is 0 Å². The SMILES string of the molecule is O=C1NC2CNCC2C2C1NC1CCCC(=O)C12. The van der Waals surface area contributed by atoms with Crippen LogP contribution in [0.1, 0.15) is 19.3 Å². The van der Waals surface area contributed by atoms with Crippen LogP contribution in [-0.4, -0.2) is 42.9 Å². The fraction of sp³-hybridized carbons (Fsp3) is 0.846. The molecule has 6 unspecified atom stereocenters. The van der Waals surface area contributed by atoms with Crippen molar-refractivity contribution in [1.29, 1.82) is 0 Å². The minimum Gasteiger partial charge on any atom is -0.350 e. The van der Waals surface area contributed by atoms with Crippen LogP contribution in [0, 0.1) is 17.8 Å². The Hall–Kier alpha value is -0.940. The summed E-state index contributed by atoms with van der Waals surface area (Å²) in [7, 11) is 0. The second kappa shape index (κ2) is 3.78. The smallest absolute Gasteiger partial charge is 0.237 e. The number of ketones is 1. The minimum absolute atomic E-state index is 0.0854. The highest BCUT2D eigenvalue weighted by atomic mass is 16.2. The van der Waals surface area contributed by atoms with Gasteiger partial charge >= 0.3 is 0 Å². The normalized spacial score (nSPS) is 50.4. The van der Waals surface area contributed by atoms with Crippen molar-refractivity contribution in [2.24, 2.45) is 17.8 Å². The lowest BCUT2D eigenvalue weighted by Gasteiger charge is -2.38. The van der Waals surface area contributed by atoms with Crippen LogP contribution in [0.25, 0.3) is 0 Å². The van der Waals surface area contributed by atoms with Crippen molar-refractivity contribution in [3.8, 4) is 0 Å². The van der Waals surface area contributed by atoms with Crippen molar-refractivity contribution >= 4 is 11.7 Å². The summed E-state index contributed by atoms with van der Waals surface area (Å²) in [6.45, 7) is 1.79. The molecule has 0 radical (unpaired) electrons. The molecule has 4 rings (SSSR count).